The van der Waals surface area contributed by atoms with Gasteiger partial charge >= 0.3 is 5.91 Å². The number of aliphatic imine (C=N–C) groups is 2. The van der Waals surface area contributed by atoms with Crippen LogP contribution in [-0.4, -0.2) is 53.4 Å². The van der Waals surface area contributed by atoms with Crippen molar-refractivity contribution in [1.29, 1.82) is 0 Å². The Labute approximate surface area is 398 Å². The third-order valence-electron chi connectivity index (χ3n) is 14.7. The summed E-state index contributed by atoms with van der Waals surface area (Å²) in [6.07, 6.45) is 0. The minimum absolute atomic E-state index is 0.0144. The van der Waals surface area contributed by atoms with E-state index < -0.39 is 5.91 Å². The first-order chi connectivity index (χ1) is 33.2. The summed E-state index contributed by atoms with van der Waals surface area (Å²) >= 11 is 0. The van der Waals surface area contributed by atoms with E-state index >= 15 is 0 Å². The average molecular weight is 907 g/mol. The van der Waals surface area contributed by atoms with Gasteiger partial charge in [0.15, 0.2) is 0 Å². The van der Waals surface area contributed by atoms with Crippen molar-refractivity contribution in [3.05, 3.63) is 187 Å². The second-order valence-corrected chi connectivity index (χ2v) is 18.8. The van der Waals surface area contributed by atoms with Crippen LogP contribution in [0.2, 0.25) is 0 Å². The molecule has 8 aromatic rings. The van der Waals surface area contributed by atoms with Crippen molar-refractivity contribution in [1.82, 2.24) is 9.13 Å². The number of nitrogens with zero attached hydrogens (tertiary/aromatic N) is 8. The Bertz CT molecular complexity index is 3760. The fraction of sp³-hybridized carbons (Fsp3) is 0.193. The zero-order valence-corrected chi connectivity index (χ0v) is 40.3. The maximum atomic E-state index is 11.0. The molecule has 6 aliphatic heterocycles. The van der Waals surface area contributed by atoms with Gasteiger partial charge in [-0.25, -0.2) is 0 Å². The first-order valence-corrected chi connectivity index (χ1v) is 23.3. The SMILES string of the molecule is CC(=O)Nc1c(C)cc(C)c(C)c1C.CC(=O)Nc1c(C)cc(C)c(C)c1C.c1ccc2c(c1)C1=Nc3c4ccccc4c4n3C35n6c(c7ccccc7c6=NC6=[N+]3C(=N4)c3ccccc36)=NC2=[N+]15. The number of aryl methyl sites for hydroxylation is 4. The lowest BCUT2D eigenvalue weighted by molar-refractivity contribution is -0.790. The van der Waals surface area contributed by atoms with E-state index in [1.54, 1.807) is 0 Å². The lowest BCUT2D eigenvalue weighted by atomic mass is 9.98. The van der Waals surface area contributed by atoms with Crippen LogP contribution in [0, 0.1) is 55.4 Å². The number of anilines is 2. The summed E-state index contributed by atoms with van der Waals surface area (Å²) in [5.41, 5.74) is 17.7. The Morgan fingerprint density at radius 2 is 0.812 bits per heavy atom. The molecular weight excluding hydrogens is 857 g/mol. The number of rotatable bonds is 2. The summed E-state index contributed by atoms with van der Waals surface area (Å²) in [6, 6.07) is 38.2. The molecule has 2 N–H and O–H groups in total. The van der Waals surface area contributed by atoms with Crippen molar-refractivity contribution in [2.75, 3.05) is 10.6 Å². The highest BCUT2D eigenvalue weighted by atomic mass is 16.2. The molecule has 14 rings (SSSR count). The summed E-state index contributed by atoms with van der Waals surface area (Å²) in [6.45, 7) is 19.5. The molecule has 2 amide bonds. The molecule has 0 atom stereocenters. The molecule has 0 unspecified atom stereocenters. The van der Waals surface area contributed by atoms with Crippen LogP contribution in [0.25, 0.3) is 21.5 Å². The monoisotopic (exact) mass is 906 g/mol. The van der Waals surface area contributed by atoms with Crippen molar-refractivity contribution in [3.63, 3.8) is 0 Å². The summed E-state index contributed by atoms with van der Waals surface area (Å²) in [4.78, 5) is 43.7. The molecule has 338 valence electrons. The summed E-state index contributed by atoms with van der Waals surface area (Å²) < 4.78 is 9.32. The van der Waals surface area contributed by atoms with Crippen LogP contribution in [0.15, 0.2) is 129 Å². The van der Waals surface area contributed by atoms with E-state index in [9.17, 15) is 9.59 Å². The molecule has 0 radical (unpaired) electrons. The molecule has 8 heterocycles. The van der Waals surface area contributed by atoms with E-state index in [0.717, 1.165) is 123 Å². The molecule has 12 nitrogen and oxygen atoms in total. The summed E-state index contributed by atoms with van der Waals surface area (Å²) in [5, 5.41) is 10.1. The Morgan fingerprint density at radius 1 is 0.449 bits per heavy atom. The molecule has 6 aromatic carbocycles. The molecule has 1 spiro atoms. The fourth-order valence-electron chi connectivity index (χ4n) is 11.2. The van der Waals surface area contributed by atoms with Crippen LogP contribution >= 0.6 is 0 Å². The Morgan fingerprint density at radius 3 is 1.20 bits per heavy atom. The van der Waals surface area contributed by atoms with Gasteiger partial charge < -0.3 is 10.6 Å². The highest BCUT2D eigenvalue weighted by molar-refractivity contribution is 6.20. The predicted molar refractivity (Wildman–Crippen MR) is 273 cm³/mol. The maximum Gasteiger partial charge on any atom is 0.404 e. The van der Waals surface area contributed by atoms with Gasteiger partial charge in [-0.1, -0.05) is 80.6 Å². The number of aromatic nitrogens is 2. The third-order valence-corrected chi connectivity index (χ3v) is 14.7. The highest BCUT2D eigenvalue weighted by Gasteiger charge is 2.69. The Kier molecular flexibility index (Phi) is 9.02. The zero-order valence-electron chi connectivity index (χ0n) is 40.3. The molecule has 69 heavy (non-hydrogen) atoms. The van der Waals surface area contributed by atoms with Gasteiger partial charge in [-0.15, -0.1) is 9.15 Å². The average Bonchev–Trinajstić information content (AvgIpc) is 4.06. The van der Waals surface area contributed by atoms with Gasteiger partial charge in [0, 0.05) is 46.8 Å². The van der Waals surface area contributed by atoms with E-state index in [0.29, 0.717) is 0 Å². The molecule has 0 bridgehead atoms. The number of amides is 2. The largest absolute Gasteiger partial charge is 0.404 e. The number of carbonyl (C=O) groups excluding carboxylic acids is 2. The smallest absolute Gasteiger partial charge is 0.326 e. The number of hydrogen-bond donors (Lipinski definition) is 2. The quantitative estimate of drug-likeness (QED) is 0.168. The Hall–Kier alpha value is -8.38. The van der Waals surface area contributed by atoms with E-state index in [4.69, 9.17) is 20.0 Å². The van der Waals surface area contributed by atoms with Crippen LogP contribution in [0.5, 0.6) is 0 Å². The van der Waals surface area contributed by atoms with Crippen molar-refractivity contribution < 1.29 is 18.7 Å². The number of nitrogens with one attached hydrogen (secondary N) is 2. The number of benzene rings is 6. The van der Waals surface area contributed by atoms with Gasteiger partial charge in [0.25, 0.3) is 23.3 Å². The van der Waals surface area contributed by atoms with Gasteiger partial charge in [-0.05, 0) is 148 Å². The molecule has 0 saturated carbocycles. The van der Waals surface area contributed by atoms with E-state index in [2.05, 4.69) is 166 Å². The zero-order chi connectivity index (χ0) is 47.9. The minimum atomic E-state index is -0.923. The van der Waals surface area contributed by atoms with Crippen LogP contribution < -0.4 is 21.6 Å². The third kappa shape index (κ3) is 5.62. The molecule has 0 saturated heterocycles. The molecule has 6 aliphatic rings. The first-order valence-electron chi connectivity index (χ1n) is 23.3. The highest BCUT2D eigenvalue weighted by Crippen LogP contribution is 2.52. The standard InChI is InChI=1S/C33H16N8.2C12H17NO/c1-2-10-18-17(9-1)25-34-27-19-11-3-4-12-20(19)29-36-31-23-15-7-8-16-24(23)32-37-30-22-14-6-5-13-21(22)28-35-26(18)38(25)33(39(27)29,40(28)30)41(31)32;2*1-7-6-8(2)12(13-11(5)14)10(4)9(7)3/h1-16H;2*6H,1-5H3,(H,13,14)/q+2;;. The van der Waals surface area contributed by atoms with Crippen LogP contribution in [0.3, 0.4) is 0 Å². The lowest BCUT2D eigenvalue weighted by Crippen LogP contribution is -2.71. The van der Waals surface area contributed by atoms with Crippen molar-refractivity contribution in [3.8, 4) is 0 Å². The van der Waals surface area contributed by atoms with Crippen LogP contribution in [0.1, 0.15) is 80.6 Å². The molecule has 12 heteroatoms. The van der Waals surface area contributed by atoms with Gasteiger partial charge in [0.05, 0.1) is 22.3 Å². The number of fused-ring (bicyclic) bond motifs is 12. The molecular formula is C57H50N10O2+2. The van der Waals surface area contributed by atoms with Crippen LogP contribution in [-0.2, 0) is 15.5 Å². The maximum absolute atomic E-state index is 11.0. The van der Waals surface area contributed by atoms with Gasteiger partial charge in [-0.3, -0.25) is 9.59 Å². The van der Waals surface area contributed by atoms with E-state index in [1.807, 2.05) is 27.7 Å². The van der Waals surface area contributed by atoms with Gasteiger partial charge in [-0.2, -0.15) is 9.13 Å². The molecule has 0 aliphatic carbocycles. The first kappa shape index (κ1) is 42.0. The lowest BCUT2D eigenvalue weighted by Gasteiger charge is -2.40. The second kappa shape index (κ2) is 14.8. The molecule has 2 aromatic heterocycles. The summed E-state index contributed by atoms with van der Waals surface area (Å²) in [7, 11) is 0. The van der Waals surface area contributed by atoms with Crippen LogP contribution in [0.4, 0.5) is 23.0 Å². The minimum Gasteiger partial charge on any atom is -0.326 e. The van der Waals surface area contributed by atoms with Crippen molar-refractivity contribution in [2.24, 2.45) is 20.0 Å². The second-order valence-electron chi connectivity index (χ2n) is 18.8. The normalized spacial score (nSPS) is 15.0. The van der Waals surface area contributed by atoms with Gasteiger partial charge in [0.1, 0.15) is 0 Å². The number of amidine groups is 4. The van der Waals surface area contributed by atoms with Crippen molar-refractivity contribution in [2.45, 2.75) is 75.1 Å². The molecule has 0 fully saturated rings. The predicted octanol–water partition coefficient (Wildman–Crippen LogP) is 9.47. The Balaban J connectivity index is 0.000000146. The van der Waals surface area contributed by atoms with E-state index in [1.165, 1.54) is 36.1 Å². The number of hydrogen-bond acceptors (Lipinski definition) is 6. The summed E-state index contributed by atoms with van der Waals surface area (Å²) in [5.74, 6) is 4.43. The number of carbonyl (C=O) groups is 2. The fourth-order valence-corrected chi connectivity index (χ4v) is 11.2. The van der Waals surface area contributed by atoms with Crippen molar-refractivity contribution >= 4 is 79.7 Å². The van der Waals surface area contributed by atoms with Gasteiger partial charge in [0.2, 0.25) is 34.4 Å². The van der Waals surface area contributed by atoms with E-state index in [-0.39, 0.29) is 11.8 Å². The topological polar surface area (TPSA) is 124 Å².